The third kappa shape index (κ3) is 3.95. The molecule has 25 heavy (non-hydrogen) atoms. The Hall–Kier alpha value is -3.79. The average Bonchev–Trinajstić information content (AvgIpc) is 2.63. The van der Waals surface area contributed by atoms with Crippen LogP contribution in [0.25, 0.3) is 0 Å². The van der Waals surface area contributed by atoms with Gasteiger partial charge in [0.25, 0.3) is 5.91 Å². The van der Waals surface area contributed by atoms with E-state index in [1.165, 1.54) is 24.5 Å². The van der Waals surface area contributed by atoms with Crippen LogP contribution >= 0.6 is 0 Å². The van der Waals surface area contributed by atoms with Crippen LogP contribution in [0, 0.1) is 17.1 Å². The van der Waals surface area contributed by atoms with Crippen molar-refractivity contribution in [2.75, 3.05) is 10.6 Å². The van der Waals surface area contributed by atoms with Crippen LogP contribution in [0.5, 0.6) is 0 Å². The molecule has 0 aliphatic heterocycles. The summed E-state index contributed by atoms with van der Waals surface area (Å²) in [7, 11) is 0. The van der Waals surface area contributed by atoms with Gasteiger partial charge in [-0.2, -0.15) is 5.26 Å². The number of carbonyl (C=O) groups is 1. The molecule has 3 aromatic rings. The first-order chi connectivity index (χ1) is 12.2. The molecule has 0 bridgehead atoms. The van der Waals surface area contributed by atoms with E-state index in [1.807, 2.05) is 6.07 Å². The Morgan fingerprint density at radius 1 is 1.08 bits per heavy atom. The van der Waals surface area contributed by atoms with Gasteiger partial charge in [0.2, 0.25) is 0 Å². The van der Waals surface area contributed by atoms with E-state index in [0.717, 1.165) is 0 Å². The van der Waals surface area contributed by atoms with Gasteiger partial charge >= 0.3 is 0 Å². The van der Waals surface area contributed by atoms with Gasteiger partial charge < -0.3 is 10.6 Å². The summed E-state index contributed by atoms with van der Waals surface area (Å²) in [5, 5.41) is 14.5. The molecule has 7 heteroatoms. The molecule has 0 aliphatic carbocycles. The standard InChI is InChI=1S/C18H12FN5O/c19-13-5-3-6-14(8-13)23-17-11-21-16(10-22-17)18(25)24-15-7-2-1-4-12(15)9-20/h1-8,10-11H,(H,22,23)(H,24,25). The third-order valence-corrected chi connectivity index (χ3v) is 3.28. The lowest BCUT2D eigenvalue weighted by atomic mass is 10.2. The lowest BCUT2D eigenvalue weighted by molar-refractivity contribution is 0.102. The van der Waals surface area contributed by atoms with Gasteiger partial charge in [-0.3, -0.25) is 4.79 Å². The van der Waals surface area contributed by atoms with Gasteiger partial charge in [-0.15, -0.1) is 0 Å². The van der Waals surface area contributed by atoms with E-state index in [4.69, 9.17) is 5.26 Å². The molecule has 0 spiro atoms. The van der Waals surface area contributed by atoms with Crippen LogP contribution in [0.4, 0.5) is 21.6 Å². The summed E-state index contributed by atoms with van der Waals surface area (Å²) in [4.78, 5) is 20.3. The average molecular weight is 333 g/mol. The van der Waals surface area contributed by atoms with E-state index in [1.54, 1.807) is 36.4 Å². The van der Waals surface area contributed by atoms with Crippen LogP contribution < -0.4 is 10.6 Å². The van der Waals surface area contributed by atoms with E-state index < -0.39 is 5.91 Å². The van der Waals surface area contributed by atoms with Crippen molar-refractivity contribution in [2.45, 2.75) is 0 Å². The van der Waals surface area contributed by atoms with Crippen LogP contribution in [-0.2, 0) is 0 Å². The number of hydrogen-bond donors (Lipinski definition) is 2. The summed E-state index contributed by atoms with van der Waals surface area (Å²) in [6, 6.07) is 14.6. The second-order valence-electron chi connectivity index (χ2n) is 5.03. The molecule has 2 N–H and O–H groups in total. The maximum absolute atomic E-state index is 13.2. The van der Waals surface area contributed by atoms with Crippen molar-refractivity contribution in [3.8, 4) is 6.07 Å². The van der Waals surface area contributed by atoms with Crippen molar-refractivity contribution in [1.29, 1.82) is 5.26 Å². The zero-order valence-electron chi connectivity index (χ0n) is 12.9. The highest BCUT2D eigenvalue weighted by Gasteiger charge is 2.11. The zero-order chi connectivity index (χ0) is 17.6. The van der Waals surface area contributed by atoms with Gasteiger partial charge in [0.15, 0.2) is 0 Å². The lowest BCUT2D eigenvalue weighted by Gasteiger charge is -2.08. The van der Waals surface area contributed by atoms with Crippen molar-refractivity contribution >= 4 is 23.1 Å². The minimum absolute atomic E-state index is 0.0949. The topological polar surface area (TPSA) is 90.7 Å². The number of hydrogen-bond acceptors (Lipinski definition) is 5. The minimum atomic E-state index is -0.479. The van der Waals surface area contributed by atoms with Gasteiger partial charge in [0, 0.05) is 5.69 Å². The zero-order valence-corrected chi connectivity index (χ0v) is 12.9. The SMILES string of the molecule is N#Cc1ccccc1NC(=O)c1cnc(Nc2cccc(F)c2)cn1. The molecule has 1 heterocycles. The molecule has 0 unspecified atom stereocenters. The molecule has 0 fully saturated rings. The molecule has 0 aliphatic rings. The maximum atomic E-state index is 13.2. The van der Waals surface area contributed by atoms with Crippen molar-refractivity contribution in [3.05, 3.63) is 78.0 Å². The quantitative estimate of drug-likeness (QED) is 0.763. The smallest absolute Gasteiger partial charge is 0.275 e. The summed E-state index contributed by atoms with van der Waals surface area (Å²) >= 11 is 0. The van der Waals surface area contributed by atoms with Crippen LogP contribution in [0.3, 0.4) is 0 Å². The Balaban J connectivity index is 1.71. The van der Waals surface area contributed by atoms with E-state index in [2.05, 4.69) is 20.6 Å². The monoisotopic (exact) mass is 333 g/mol. The number of carbonyl (C=O) groups excluding carboxylic acids is 1. The summed E-state index contributed by atoms with van der Waals surface area (Å²) in [5.41, 5.74) is 1.37. The molecule has 2 aromatic carbocycles. The van der Waals surface area contributed by atoms with Crippen LogP contribution in [0.15, 0.2) is 60.9 Å². The normalized spacial score (nSPS) is 9.92. The summed E-state index contributed by atoms with van der Waals surface area (Å²) in [6.07, 6.45) is 2.67. The van der Waals surface area contributed by atoms with Crippen molar-refractivity contribution in [3.63, 3.8) is 0 Å². The number of nitriles is 1. The first-order valence-electron chi connectivity index (χ1n) is 7.31. The second-order valence-corrected chi connectivity index (χ2v) is 5.03. The Labute approximate surface area is 143 Å². The van der Waals surface area contributed by atoms with E-state index in [-0.39, 0.29) is 11.5 Å². The van der Waals surface area contributed by atoms with Gasteiger partial charge in [-0.1, -0.05) is 18.2 Å². The minimum Gasteiger partial charge on any atom is -0.339 e. The summed E-state index contributed by atoms with van der Waals surface area (Å²) < 4.78 is 13.2. The van der Waals surface area contributed by atoms with Gasteiger partial charge in [0.1, 0.15) is 23.4 Å². The summed E-state index contributed by atoms with van der Waals surface area (Å²) in [5.74, 6) is -0.475. The molecule has 0 radical (unpaired) electrons. The Morgan fingerprint density at radius 2 is 1.92 bits per heavy atom. The van der Waals surface area contributed by atoms with Gasteiger partial charge in [0.05, 0.1) is 23.6 Å². The number of benzene rings is 2. The number of nitrogens with zero attached hydrogens (tertiary/aromatic N) is 3. The molecule has 0 atom stereocenters. The number of para-hydroxylation sites is 1. The largest absolute Gasteiger partial charge is 0.339 e. The van der Waals surface area contributed by atoms with E-state index in [0.29, 0.717) is 22.8 Å². The molecule has 3 rings (SSSR count). The highest BCUT2D eigenvalue weighted by molar-refractivity contribution is 6.03. The Bertz CT molecular complexity index is 950. The van der Waals surface area contributed by atoms with Gasteiger partial charge in [-0.25, -0.2) is 14.4 Å². The first kappa shape index (κ1) is 16.1. The first-order valence-corrected chi connectivity index (χ1v) is 7.31. The van der Waals surface area contributed by atoms with Crippen LogP contribution in [-0.4, -0.2) is 15.9 Å². The lowest BCUT2D eigenvalue weighted by Crippen LogP contribution is -2.15. The number of halogens is 1. The molecule has 6 nitrogen and oxygen atoms in total. The van der Waals surface area contributed by atoms with Gasteiger partial charge in [-0.05, 0) is 30.3 Å². The number of rotatable bonds is 4. The number of amides is 1. The second kappa shape index (κ2) is 7.19. The fourth-order valence-electron chi connectivity index (χ4n) is 2.10. The molecular weight excluding hydrogens is 321 g/mol. The van der Waals surface area contributed by atoms with Crippen molar-refractivity contribution < 1.29 is 9.18 Å². The number of nitrogens with one attached hydrogen (secondary N) is 2. The van der Waals surface area contributed by atoms with E-state index in [9.17, 15) is 9.18 Å². The fraction of sp³-hybridized carbons (Fsp3) is 0. The number of aromatic nitrogens is 2. The third-order valence-electron chi connectivity index (χ3n) is 3.28. The predicted molar refractivity (Wildman–Crippen MR) is 90.8 cm³/mol. The molecule has 0 saturated carbocycles. The molecule has 1 aromatic heterocycles. The van der Waals surface area contributed by atoms with Crippen molar-refractivity contribution in [1.82, 2.24) is 9.97 Å². The maximum Gasteiger partial charge on any atom is 0.275 e. The highest BCUT2D eigenvalue weighted by Crippen LogP contribution is 2.16. The number of anilines is 3. The van der Waals surface area contributed by atoms with Crippen molar-refractivity contribution in [2.24, 2.45) is 0 Å². The molecular formula is C18H12FN5O. The highest BCUT2D eigenvalue weighted by atomic mass is 19.1. The molecule has 122 valence electrons. The summed E-state index contributed by atoms with van der Waals surface area (Å²) in [6.45, 7) is 0. The predicted octanol–water partition coefficient (Wildman–Crippen LogP) is 3.48. The Kier molecular flexibility index (Phi) is 4.62. The fourth-order valence-corrected chi connectivity index (χ4v) is 2.10. The van der Waals surface area contributed by atoms with E-state index >= 15 is 0 Å². The molecule has 1 amide bonds. The Morgan fingerprint density at radius 3 is 2.64 bits per heavy atom. The van der Waals surface area contributed by atoms with Crippen LogP contribution in [0.1, 0.15) is 16.1 Å². The van der Waals surface area contributed by atoms with Crippen LogP contribution in [0.2, 0.25) is 0 Å². The molecule has 0 saturated heterocycles.